The molecular formula is C18H16N4O3S. The maximum absolute atomic E-state index is 12.1. The number of benzene rings is 1. The first kappa shape index (κ1) is 16.3. The van der Waals surface area contributed by atoms with E-state index in [0.717, 1.165) is 21.5 Å². The van der Waals surface area contributed by atoms with E-state index >= 15 is 0 Å². The van der Waals surface area contributed by atoms with E-state index in [-0.39, 0.29) is 0 Å². The van der Waals surface area contributed by atoms with E-state index < -0.39 is 5.97 Å². The fourth-order valence-corrected chi connectivity index (χ4v) is 3.62. The number of nitrogens with zero attached hydrogens (tertiary/aromatic N) is 4. The van der Waals surface area contributed by atoms with Gasteiger partial charge in [0.25, 0.3) is 0 Å². The molecule has 7 nitrogen and oxygen atoms in total. The lowest BCUT2D eigenvalue weighted by atomic mass is 10.2. The van der Waals surface area contributed by atoms with Crippen LogP contribution in [0.2, 0.25) is 0 Å². The standard InChI is InChI=1S/C18H16N4O3S/c1-24-13-5-3-12(4-6-13)10-21-11-17(19-20-21)22-14-7-8-26-16(14)9-15(22)18(23)25-2/h3-9,11H,10H2,1-2H3. The minimum absolute atomic E-state index is 0.405. The van der Waals surface area contributed by atoms with Crippen molar-refractivity contribution < 1.29 is 14.3 Å². The van der Waals surface area contributed by atoms with E-state index in [1.165, 1.54) is 7.11 Å². The minimum Gasteiger partial charge on any atom is -0.497 e. The van der Waals surface area contributed by atoms with Crippen molar-refractivity contribution >= 4 is 27.5 Å². The van der Waals surface area contributed by atoms with Crippen molar-refractivity contribution in [3.8, 4) is 11.6 Å². The molecule has 0 saturated heterocycles. The number of fused-ring (bicyclic) bond motifs is 1. The molecule has 0 fully saturated rings. The van der Waals surface area contributed by atoms with Crippen LogP contribution in [0.1, 0.15) is 16.1 Å². The van der Waals surface area contributed by atoms with Gasteiger partial charge in [-0.2, -0.15) is 0 Å². The maximum atomic E-state index is 12.1. The Labute approximate surface area is 153 Å². The molecule has 0 N–H and O–H groups in total. The SMILES string of the molecule is COC(=O)c1cc2sccc2n1-c1cn(Cc2ccc(OC)cc2)nn1. The molecule has 4 aromatic rings. The van der Waals surface area contributed by atoms with Crippen LogP contribution in [0.15, 0.2) is 48.0 Å². The normalized spacial score (nSPS) is 11.0. The summed E-state index contributed by atoms with van der Waals surface area (Å²) in [5.41, 5.74) is 2.42. The summed E-state index contributed by atoms with van der Waals surface area (Å²) in [5, 5.41) is 10.4. The summed E-state index contributed by atoms with van der Waals surface area (Å²) in [6.45, 7) is 0.568. The second-order valence-electron chi connectivity index (χ2n) is 5.65. The molecule has 26 heavy (non-hydrogen) atoms. The fourth-order valence-electron chi connectivity index (χ4n) is 2.81. The summed E-state index contributed by atoms with van der Waals surface area (Å²) in [6, 6.07) is 11.5. The smallest absolute Gasteiger partial charge is 0.355 e. The number of hydrogen-bond acceptors (Lipinski definition) is 6. The average molecular weight is 368 g/mol. The third-order valence-corrected chi connectivity index (χ3v) is 4.93. The number of carbonyl (C=O) groups is 1. The number of thiophene rings is 1. The number of esters is 1. The molecular weight excluding hydrogens is 352 g/mol. The zero-order chi connectivity index (χ0) is 18.1. The van der Waals surface area contributed by atoms with Crippen molar-refractivity contribution in [3.05, 3.63) is 59.2 Å². The molecule has 3 heterocycles. The molecule has 1 aromatic carbocycles. The lowest BCUT2D eigenvalue weighted by Gasteiger charge is -2.05. The van der Waals surface area contributed by atoms with Gasteiger partial charge in [0.05, 0.1) is 37.2 Å². The maximum Gasteiger partial charge on any atom is 0.355 e. The van der Waals surface area contributed by atoms with Crippen molar-refractivity contribution in [2.45, 2.75) is 6.54 Å². The first-order valence-electron chi connectivity index (χ1n) is 7.90. The van der Waals surface area contributed by atoms with Gasteiger partial charge in [0, 0.05) is 0 Å². The predicted octanol–water partition coefficient (Wildman–Crippen LogP) is 3.13. The highest BCUT2D eigenvalue weighted by molar-refractivity contribution is 7.17. The largest absolute Gasteiger partial charge is 0.497 e. The first-order chi connectivity index (χ1) is 12.7. The number of rotatable bonds is 5. The molecule has 0 unspecified atom stereocenters. The Hall–Kier alpha value is -3.13. The summed E-state index contributed by atoms with van der Waals surface area (Å²) in [7, 11) is 3.01. The van der Waals surface area contributed by atoms with Crippen LogP contribution in [-0.2, 0) is 11.3 Å². The van der Waals surface area contributed by atoms with Crippen molar-refractivity contribution in [2.24, 2.45) is 0 Å². The monoisotopic (exact) mass is 368 g/mol. The van der Waals surface area contributed by atoms with Crippen LogP contribution in [0.4, 0.5) is 0 Å². The number of ether oxygens (including phenoxy) is 2. The number of methoxy groups -OCH3 is 2. The van der Waals surface area contributed by atoms with Crippen molar-refractivity contribution in [1.82, 2.24) is 19.6 Å². The highest BCUT2D eigenvalue weighted by Gasteiger charge is 2.20. The van der Waals surface area contributed by atoms with Crippen molar-refractivity contribution in [3.63, 3.8) is 0 Å². The Morgan fingerprint density at radius 1 is 1.19 bits per heavy atom. The van der Waals surface area contributed by atoms with Gasteiger partial charge in [-0.05, 0) is 35.2 Å². The van der Waals surface area contributed by atoms with E-state index in [0.29, 0.717) is 18.1 Å². The molecule has 0 bridgehead atoms. The van der Waals surface area contributed by atoms with Crippen molar-refractivity contribution in [1.29, 1.82) is 0 Å². The van der Waals surface area contributed by atoms with Gasteiger partial charge >= 0.3 is 5.97 Å². The molecule has 132 valence electrons. The minimum atomic E-state index is -0.405. The molecule has 0 aliphatic carbocycles. The van der Waals surface area contributed by atoms with Crippen LogP contribution in [0.5, 0.6) is 5.75 Å². The summed E-state index contributed by atoms with van der Waals surface area (Å²) in [4.78, 5) is 12.1. The molecule has 0 atom stereocenters. The molecule has 0 spiro atoms. The molecule has 0 aliphatic rings. The molecule has 8 heteroatoms. The van der Waals surface area contributed by atoms with Crippen LogP contribution in [0.25, 0.3) is 16.0 Å². The quantitative estimate of drug-likeness (QED) is 0.506. The van der Waals surface area contributed by atoms with Gasteiger partial charge < -0.3 is 9.47 Å². The summed E-state index contributed by atoms with van der Waals surface area (Å²) in [6.07, 6.45) is 1.81. The van der Waals surface area contributed by atoms with Crippen LogP contribution in [-0.4, -0.2) is 39.7 Å². The second-order valence-corrected chi connectivity index (χ2v) is 6.60. The number of hydrogen-bond donors (Lipinski definition) is 0. The van der Waals surface area contributed by atoms with Gasteiger partial charge in [-0.1, -0.05) is 17.3 Å². The van der Waals surface area contributed by atoms with E-state index in [9.17, 15) is 4.79 Å². The Morgan fingerprint density at radius 2 is 2.00 bits per heavy atom. The molecule has 4 rings (SSSR count). The second kappa shape index (κ2) is 6.64. The van der Waals surface area contributed by atoms with E-state index in [1.807, 2.05) is 48.0 Å². The number of carbonyl (C=O) groups excluding carboxylic acids is 1. The van der Waals surface area contributed by atoms with Gasteiger partial charge in [-0.3, -0.25) is 4.57 Å². The topological polar surface area (TPSA) is 71.2 Å². The van der Waals surface area contributed by atoms with Gasteiger partial charge in [0.15, 0.2) is 5.82 Å². The zero-order valence-electron chi connectivity index (χ0n) is 14.2. The third kappa shape index (κ3) is 2.84. The molecule has 3 aromatic heterocycles. The lowest BCUT2D eigenvalue weighted by molar-refractivity contribution is 0.0592. The van der Waals surface area contributed by atoms with Crippen LogP contribution in [0, 0.1) is 0 Å². The summed E-state index contributed by atoms with van der Waals surface area (Å²) < 4.78 is 14.6. The summed E-state index contributed by atoms with van der Waals surface area (Å²) in [5.74, 6) is 0.980. The van der Waals surface area contributed by atoms with Crippen LogP contribution < -0.4 is 4.74 Å². The molecule has 0 aliphatic heterocycles. The van der Waals surface area contributed by atoms with Crippen molar-refractivity contribution in [2.75, 3.05) is 14.2 Å². The first-order valence-corrected chi connectivity index (χ1v) is 8.78. The highest BCUT2D eigenvalue weighted by atomic mass is 32.1. The Morgan fingerprint density at radius 3 is 2.73 bits per heavy atom. The third-order valence-electron chi connectivity index (χ3n) is 4.08. The van der Waals surface area contributed by atoms with Crippen LogP contribution in [0.3, 0.4) is 0 Å². The molecule has 0 radical (unpaired) electrons. The molecule has 0 amide bonds. The average Bonchev–Trinajstić information content (AvgIpc) is 3.37. The highest BCUT2D eigenvalue weighted by Crippen LogP contribution is 2.28. The lowest BCUT2D eigenvalue weighted by Crippen LogP contribution is -2.09. The van der Waals surface area contributed by atoms with E-state index in [1.54, 1.807) is 27.7 Å². The Kier molecular flexibility index (Phi) is 4.18. The van der Waals surface area contributed by atoms with E-state index in [4.69, 9.17) is 9.47 Å². The Bertz CT molecular complexity index is 1060. The summed E-state index contributed by atoms with van der Waals surface area (Å²) >= 11 is 1.56. The van der Waals surface area contributed by atoms with Gasteiger partial charge in [-0.25, -0.2) is 9.48 Å². The fraction of sp³-hybridized carbons (Fsp3) is 0.167. The van der Waals surface area contributed by atoms with Gasteiger partial charge in [0.1, 0.15) is 11.4 Å². The number of aromatic nitrogens is 4. The van der Waals surface area contributed by atoms with Gasteiger partial charge in [0.2, 0.25) is 0 Å². The zero-order valence-corrected chi connectivity index (χ0v) is 15.1. The predicted molar refractivity (Wildman–Crippen MR) is 98.2 cm³/mol. The van der Waals surface area contributed by atoms with Gasteiger partial charge in [-0.15, -0.1) is 16.4 Å². The molecule has 0 saturated carbocycles. The van der Waals surface area contributed by atoms with Crippen LogP contribution >= 0.6 is 11.3 Å². The van der Waals surface area contributed by atoms with E-state index in [2.05, 4.69) is 10.3 Å². The Balaban J connectivity index is 1.68.